The highest BCUT2D eigenvalue weighted by atomic mass is 32.2. The fraction of sp³-hybridized carbons (Fsp3) is 0.714. The number of hydrogen-bond acceptors (Lipinski definition) is 5. The van der Waals surface area contributed by atoms with E-state index in [0.717, 1.165) is 0 Å². The molecule has 0 fully saturated rings. The molecule has 0 radical (unpaired) electrons. The van der Waals surface area contributed by atoms with Gasteiger partial charge in [0.15, 0.2) is 0 Å². The molecule has 0 saturated heterocycles. The number of sulfonamides is 1. The largest absolute Gasteiger partial charge is 0.447 e. The van der Waals surface area contributed by atoms with Crippen LogP contribution in [-0.2, 0) is 16.6 Å². The van der Waals surface area contributed by atoms with Crippen molar-refractivity contribution in [1.29, 1.82) is 0 Å². The molecule has 1 aromatic rings. The van der Waals surface area contributed by atoms with Gasteiger partial charge in [0.1, 0.15) is 5.76 Å². The molecule has 0 aliphatic heterocycles. The van der Waals surface area contributed by atoms with Crippen molar-refractivity contribution in [3.63, 3.8) is 0 Å². The molecule has 0 spiro atoms. The Labute approximate surface area is 127 Å². The number of furan rings is 1. The Morgan fingerprint density at radius 1 is 1.29 bits per heavy atom. The van der Waals surface area contributed by atoms with E-state index in [2.05, 4.69) is 10.0 Å². The summed E-state index contributed by atoms with van der Waals surface area (Å²) in [6, 6.07) is 3.48. The van der Waals surface area contributed by atoms with E-state index in [9.17, 15) is 8.42 Å². The molecule has 0 amide bonds. The van der Waals surface area contributed by atoms with Crippen LogP contribution in [0.25, 0.3) is 0 Å². The maximum atomic E-state index is 12.2. The molecule has 7 heteroatoms. The van der Waals surface area contributed by atoms with Gasteiger partial charge in [0, 0.05) is 18.1 Å². The molecule has 2 N–H and O–H groups in total. The van der Waals surface area contributed by atoms with Gasteiger partial charge in [0.25, 0.3) is 10.0 Å². The molecule has 6 nitrogen and oxygen atoms in total. The Morgan fingerprint density at radius 3 is 2.43 bits per heavy atom. The molecule has 1 aromatic heterocycles. The Morgan fingerprint density at radius 2 is 1.90 bits per heavy atom. The minimum absolute atomic E-state index is 0.0439. The smallest absolute Gasteiger partial charge is 0.274 e. The molecule has 122 valence electrons. The van der Waals surface area contributed by atoms with Gasteiger partial charge in [-0.25, -0.2) is 13.1 Å². The van der Waals surface area contributed by atoms with Gasteiger partial charge in [-0.15, -0.1) is 0 Å². The lowest BCUT2D eigenvalue weighted by Gasteiger charge is -2.32. The summed E-state index contributed by atoms with van der Waals surface area (Å²) in [5.74, 6) is 0.607. The van der Waals surface area contributed by atoms with Crippen LogP contribution in [0.1, 0.15) is 33.5 Å². The first kappa shape index (κ1) is 18.2. The van der Waals surface area contributed by atoms with Crippen LogP contribution >= 0.6 is 0 Å². The van der Waals surface area contributed by atoms with Crippen molar-refractivity contribution in [3.05, 3.63) is 17.9 Å². The van der Waals surface area contributed by atoms with Crippen LogP contribution in [0.4, 0.5) is 0 Å². The highest BCUT2D eigenvalue weighted by Gasteiger charge is 2.25. The Bertz CT molecular complexity index is 548. The lowest BCUT2D eigenvalue weighted by molar-refractivity contribution is 0.198. The summed E-state index contributed by atoms with van der Waals surface area (Å²) in [6.45, 7) is 8.79. The van der Waals surface area contributed by atoms with Crippen LogP contribution in [0.15, 0.2) is 21.6 Å². The fourth-order valence-corrected chi connectivity index (χ4v) is 2.55. The zero-order valence-corrected chi connectivity index (χ0v) is 14.5. The van der Waals surface area contributed by atoms with Crippen LogP contribution in [0.3, 0.4) is 0 Å². The molecule has 1 heterocycles. The predicted molar refractivity (Wildman–Crippen MR) is 83.6 cm³/mol. The van der Waals surface area contributed by atoms with Gasteiger partial charge < -0.3 is 14.6 Å². The van der Waals surface area contributed by atoms with Gasteiger partial charge in [-0.1, -0.05) is 13.8 Å². The first-order valence-corrected chi connectivity index (χ1v) is 8.52. The zero-order valence-electron chi connectivity index (χ0n) is 13.7. The highest BCUT2D eigenvalue weighted by molar-refractivity contribution is 7.89. The van der Waals surface area contributed by atoms with Crippen LogP contribution in [0, 0.1) is 0 Å². The number of hydrogen-bond donors (Lipinski definition) is 2. The molecule has 0 aliphatic carbocycles. The second-order valence-corrected chi connectivity index (χ2v) is 7.99. The maximum Gasteiger partial charge on any atom is 0.274 e. The van der Waals surface area contributed by atoms with E-state index in [4.69, 9.17) is 4.42 Å². The van der Waals surface area contributed by atoms with E-state index in [1.165, 1.54) is 6.07 Å². The second kappa shape index (κ2) is 6.91. The number of nitrogens with one attached hydrogen (secondary N) is 2. The van der Waals surface area contributed by atoms with Gasteiger partial charge in [-0.2, -0.15) is 0 Å². The summed E-state index contributed by atoms with van der Waals surface area (Å²) >= 11 is 0. The Balaban J connectivity index is 2.71. The molecule has 0 bridgehead atoms. The van der Waals surface area contributed by atoms with Gasteiger partial charge >= 0.3 is 0 Å². The van der Waals surface area contributed by atoms with Crippen LogP contribution in [-0.4, -0.2) is 45.5 Å². The Hall–Kier alpha value is -0.890. The summed E-state index contributed by atoms with van der Waals surface area (Å²) in [7, 11) is 0.211. The summed E-state index contributed by atoms with van der Waals surface area (Å²) in [6.07, 6.45) is 0. The first-order chi connectivity index (χ1) is 9.54. The molecule has 1 rings (SSSR count). The lowest BCUT2D eigenvalue weighted by Crippen LogP contribution is -2.48. The fourth-order valence-electron chi connectivity index (χ4n) is 1.40. The highest BCUT2D eigenvalue weighted by Crippen LogP contribution is 2.15. The monoisotopic (exact) mass is 317 g/mol. The van der Waals surface area contributed by atoms with Gasteiger partial charge in [0.2, 0.25) is 5.09 Å². The van der Waals surface area contributed by atoms with Crippen molar-refractivity contribution in [2.45, 2.75) is 50.9 Å². The van der Waals surface area contributed by atoms with E-state index in [0.29, 0.717) is 24.9 Å². The molecular formula is C14H27N3O3S. The quantitative estimate of drug-likeness (QED) is 0.758. The maximum absolute atomic E-state index is 12.2. The molecule has 21 heavy (non-hydrogen) atoms. The minimum Gasteiger partial charge on any atom is -0.447 e. The molecule has 0 saturated carbocycles. The Kier molecular flexibility index (Phi) is 5.98. The van der Waals surface area contributed by atoms with Crippen LogP contribution < -0.4 is 10.0 Å². The average Bonchev–Trinajstić information content (AvgIpc) is 2.83. The van der Waals surface area contributed by atoms with Gasteiger partial charge in [0.05, 0.1) is 6.54 Å². The van der Waals surface area contributed by atoms with Crippen molar-refractivity contribution in [2.24, 2.45) is 0 Å². The summed E-state index contributed by atoms with van der Waals surface area (Å²) < 4.78 is 32.4. The van der Waals surface area contributed by atoms with Crippen LogP contribution in [0.2, 0.25) is 0 Å². The second-order valence-electron chi connectivity index (χ2n) is 6.29. The van der Waals surface area contributed by atoms with E-state index < -0.39 is 10.0 Å². The third-order valence-corrected chi connectivity index (χ3v) is 4.77. The number of rotatable bonds is 8. The predicted octanol–water partition coefficient (Wildman–Crippen LogP) is 1.40. The first-order valence-electron chi connectivity index (χ1n) is 7.04. The number of likely N-dealkylation sites (N-methyl/N-ethyl adjacent to an activating group) is 1. The summed E-state index contributed by atoms with van der Waals surface area (Å²) in [5, 5.41) is 3.14. The zero-order chi connectivity index (χ0) is 16.3. The van der Waals surface area contributed by atoms with Crippen LogP contribution in [0.5, 0.6) is 0 Å². The van der Waals surface area contributed by atoms with Gasteiger partial charge in [-0.3, -0.25) is 0 Å². The van der Waals surface area contributed by atoms with Crippen molar-refractivity contribution < 1.29 is 12.8 Å². The molecule has 0 atom stereocenters. The van der Waals surface area contributed by atoms with E-state index in [-0.39, 0.29) is 10.6 Å². The van der Waals surface area contributed by atoms with E-state index >= 15 is 0 Å². The number of nitrogens with zero attached hydrogens (tertiary/aromatic N) is 1. The third-order valence-electron chi connectivity index (χ3n) is 3.49. The molecular weight excluding hydrogens is 290 g/mol. The standard InChI is InChI=1S/C14H27N3O3S/c1-11(2)15-9-12-7-8-13(20-12)21(18,19)16-10-14(3,4)17(5)6/h7-8,11,15-16H,9-10H2,1-6H3. The van der Waals surface area contributed by atoms with Crippen molar-refractivity contribution in [1.82, 2.24) is 14.9 Å². The topological polar surface area (TPSA) is 74.6 Å². The summed E-state index contributed by atoms with van der Waals surface area (Å²) in [5.41, 5.74) is -0.276. The van der Waals surface area contributed by atoms with E-state index in [1.54, 1.807) is 6.07 Å². The average molecular weight is 317 g/mol. The summed E-state index contributed by atoms with van der Waals surface area (Å²) in [4.78, 5) is 1.97. The van der Waals surface area contributed by atoms with Crippen molar-refractivity contribution in [3.8, 4) is 0 Å². The van der Waals surface area contributed by atoms with Crippen molar-refractivity contribution >= 4 is 10.0 Å². The van der Waals surface area contributed by atoms with E-state index in [1.807, 2.05) is 46.7 Å². The normalized spacial score (nSPS) is 13.3. The molecule has 0 unspecified atom stereocenters. The molecule has 0 aliphatic rings. The SMILES string of the molecule is CC(C)NCc1ccc(S(=O)(=O)NCC(C)(C)N(C)C)o1. The minimum atomic E-state index is -3.62. The lowest BCUT2D eigenvalue weighted by atomic mass is 10.1. The van der Waals surface area contributed by atoms with Crippen molar-refractivity contribution in [2.75, 3.05) is 20.6 Å². The molecule has 0 aromatic carbocycles. The third kappa shape index (κ3) is 5.43. The van der Waals surface area contributed by atoms with Gasteiger partial charge in [-0.05, 0) is 40.1 Å².